The van der Waals surface area contributed by atoms with Gasteiger partial charge in [-0.3, -0.25) is 4.90 Å². The highest BCUT2D eigenvalue weighted by Crippen LogP contribution is 2.22. The van der Waals surface area contributed by atoms with Gasteiger partial charge in [0, 0.05) is 24.9 Å². The van der Waals surface area contributed by atoms with Gasteiger partial charge in [0.2, 0.25) is 0 Å². The number of nitrogens with zero attached hydrogens (tertiary/aromatic N) is 1. The molecule has 112 valence electrons. The lowest BCUT2D eigenvalue weighted by Crippen LogP contribution is -2.30. The number of benzene rings is 1. The summed E-state index contributed by atoms with van der Waals surface area (Å²) in [6.07, 6.45) is 1.34. The molecular weight excluding hydrogens is 264 g/mol. The minimum absolute atomic E-state index is 0.712. The first kappa shape index (κ1) is 15.9. The molecule has 20 heavy (non-hydrogen) atoms. The summed E-state index contributed by atoms with van der Waals surface area (Å²) in [5.41, 5.74) is 2.84. The van der Waals surface area contributed by atoms with E-state index in [1.54, 1.807) is 0 Å². The molecule has 1 N–H and O–H groups in total. The molecule has 1 aliphatic rings. The van der Waals surface area contributed by atoms with Crippen LogP contribution in [0.2, 0.25) is 0 Å². The van der Waals surface area contributed by atoms with Gasteiger partial charge in [0.1, 0.15) is 0 Å². The molecule has 1 fully saturated rings. The first-order valence-electron chi connectivity index (χ1n) is 7.71. The maximum atomic E-state index is 3.52. The SMILES string of the molecule is CC(C)CNCc1cccc(CN(C)C2CCSC2)c1. The van der Waals surface area contributed by atoms with Gasteiger partial charge in [-0.1, -0.05) is 38.1 Å². The Morgan fingerprint density at radius 3 is 2.85 bits per heavy atom. The van der Waals surface area contributed by atoms with E-state index in [1.165, 1.54) is 29.1 Å². The standard InChI is InChI=1S/C17H28N2S/c1-14(2)10-18-11-15-5-4-6-16(9-15)12-19(3)17-7-8-20-13-17/h4-6,9,14,17-18H,7-8,10-13H2,1-3H3. The molecule has 1 aromatic carbocycles. The number of hydrogen-bond acceptors (Lipinski definition) is 3. The number of nitrogens with one attached hydrogen (secondary N) is 1. The van der Waals surface area contributed by atoms with Gasteiger partial charge in [0.05, 0.1) is 0 Å². The highest BCUT2D eigenvalue weighted by Gasteiger charge is 2.19. The molecule has 0 aromatic heterocycles. The van der Waals surface area contributed by atoms with Gasteiger partial charge in [-0.05, 0) is 42.8 Å². The third-order valence-corrected chi connectivity index (χ3v) is 4.98. The molecule has 1 aromatic rings. The molecule has 1 aliphatic heterocycles. The Balaban J connectivity index is 1.85. The molecule has 0 amide bonds. The van der Waals surface area contributed by atoms with Crippen LogP contribution in [0.5, 0.6) is 0 Å². The average molecular weight is 292 g/mol. The van der Waals surface area contributed by atoms with Crippen LogP contribution in [0.3, 0.4) is 0 Å². The fraction of sp³-hybridized carbons (Fsp3) is 0.647. The summed E-state index contributed by atoms with van der Waals surface area (Å²) in [7, 11) is 2.26. The van der Waals surface area contributed by atoms with Crippen molar-refractivity contribution in [2.45, 2.75) is 39.4 Å². The molecule has 0 radical (unpaired) electrons. The van der Waals surface area contributed by atoms with Gasteiger partial charge in [-0.15, -0.1) is 0 Å². The van der Waals surface area contributed by atoms with Crippen molar-refractivity contribution in [3.8, 4) is 0 Å². The summed E-state index contributed by atoms with van der Waals surface area (Å²) < 4.78 is 0. The van der Waals surface area contributed by atoms with Gasteiger partial charge in [0.15, 0.2) is 0 Å². The van der Waals surface area contributed by atoms with Crippen molar-refractivity contribution in [1.29, 1.82) is 0 Å². The van der Waals surface area contributed by atoms with E-state index in [2.05, 4.69) is 67.1 Å². The first-order valence-corrected chi connectivity index (χ1v) is 8.87. The van der Waals surface area contributed by atoms with E-state index < -0.39 is 0 Å². The molecule has 0 saturated carbocycles. The van der Waals surface area contributed by atoms with Crippen LogP contribution in [0.15, 0.2) is 24.3 Å². The molecule has 1 heterocycles. The molecule has 0 spiro atoms. The summed E-state index contributed by atoms with van der Waals surface area (Å²) in [6.45, 7) is 7.64. The molecule has 0 bridgehead atoms. The zero-order chi connectivity index (χ0) is 14.4. The van der Waals surface area contributed by atoms with Crippen molar-refractivity contribution in [1.82, 2.24) is 10.2 Å². The van der Waals surface area contributed by atoms with Crippen LogP contribution < -0.4 is 5.32 Å². The summed E-state index contributed by atoms with van der Waals surface area (Å²) in [4.78, 5) is 2.51. The van der Waals surface area contributed by atoms with Crippen molar-refractivity contribution in [2.24, 2.45) is 5.92 Å². The second kappa shape index (κ2) is 8.06. The number of thioether (sulfide) groups is 1. The molecule has 1 saturated heterocycles. The van der Waals surface area contributed by atoms with E-state index in [-0.39, 0.29) is 0 Å². The lowest BCUT2D eigenvalue weighted by atomic mass is 10.1. The highest BCUT2D eigenvalue weighted by molar-refractivity contribution is 7.99. The van der Waals surface area contributed by atoms with E-state index >= 15 is 0 Å². The fourth-order valence-electron chi connectivity index (χ4n) is 2.63. The van der Waals surface area contributed by atoms with Crippen LogP contribution in [-0.2, 0) is 13.1 Å². The summed E-state index contributed by atoms with van der Waals surface area (Å²) in [6, 6.07) is 9.79. The predicted molar refractivity (Wildman–Crippen MR) is 90.2 cm³/mol. The number of rotatable bonds is 7. The minimum atomic E-state index is 0.712. The van der Waals surface area contributed by atoms with Gasteiger partial charge in [-0.2, -0.15) is 11.8 Å². The van der Waals surface area contributed by atoms with Gasteiger partial charge in [0.25, 0.3) is 0 Å². The third kappa shape index (κ3) is 5.12. The molecule has 1 atom stereocenters. The quantitative estimate of drug-likeness (QED) is 0.829. The molecular formula is C17H28N2S. The summed E-state index contributed by atoms with van der Waals surface area (Å²) in [5.74, 6) is 3.34. The lowest BCUT2D eigenvalue weighted by Gasteiger charge is -2.23. The van der Waals surface area contributed by atoms with Crippen LogP contribution >= 0.6 is 11.8 Å². The maximum absolute atomic E-state index is 3.52. The zero-order valence-corrected chi connectivity index (χ0v) is 13.9. The van der Waals surface area contributed by atoms with Crippen LogP contribution in [0.4, 0.5) is 0 Å². The van der Waals surface area contributed by atoms with E-state index in [0.717, 1.165) is 25.7 Å². The maximum Gasteiger partial charge on any atom is 0.0234 e. The molecule has 0 aliphatic carbocycles. The van der Waals surface area contributed by atoms with Gasteiger partial charge < -0.3 is 5.32 Å². The smallest absolute Gasteiger partial charge is 0.0234 e. The normalized spacial score (nSPS) is 19.1. The van der Waals surface area contributed by atoms with E-state index in [0.29, 0.717) is 5.92 Å². The Kier molecular flexibility index (Phi) is 6.40. The third-order valence-electron chi connectivity index (χ3n) is 3.83. The Morgan fingerprint density at radius 2 is 2.15 bits per heavy atom. The van der Waals surface area contributed by atoms with Gasteiger partial charge in [-0.25, -0.2) is 0 Å². The van der Waals surface area contributed by atoms with E-state index in [4.69, 9.17) is 0 Å². The monoisotopic (exact) mass is 292 g/mol. The van der Waals surface area contributed by atoms with E-state index in [1.807, 2.05) is 0 Å². The van der Waals surface area contributed by atoms with Crippen LogP contribution in [0.1, 0.15) is 31.4 Å². The lowest BCUT2D eigenvalue weighted by molar-refractivity contribution is 0.254. The Hall–Kier alpha value is -0.510. The van der Waals surface area contributed by atoms with Gasteiger partial charge >= 0.3 is 0 Å². The predicted octanol–water partition coefficient (Wildman–Crippen LogP) is 3.37. The Labute approximate surface area is 128 Å². The minimum Gasteiger partial charge on any atom is -0.312 e. The van der Waals surface area contributed by atoms with Crippen LogP contribution in [0, 0.1) is 5.92 Å². The summed E-state index contributed by atoms with van der Waals surface area (Å²) >= 11 is 2.09. The summed E-state index contributed by atoms with van der Waals surface area (Å²) in [5, 5.41) is 3.52. The topological polar surface area (TPSA) is 15.3 Å². The van der Waals surface area contributed by atoms with E-state index in [9.17, 15) is 0 Å². The Bertz CT molecular complexity index is 400. The molecule has 1 unspecified atom stereocenters. The highest BCUT2D eigenvalue weighted by atomic mass is 32.2. The number of hydrogen-bond donors (Lipinski definition) is 1. The van der Waals surface area contributed by atoms with Crippen LogP contribution in [-0.4, -0.2) is 36.0 Å². The molecule has 3 heteroatoms. The van der Waals surface area contributed by atoms with Crippen molar-refractivity contribution < 1.29 is 0 Å². The van der Waals surface area contributed by atoms with Crippen molar-refractivity contribution >= 4 is 11.8 Å². The Morgan fingerprint density at radius 1 is 1.35 bits per heavy atom. The fourth-order valence-corrected chi connectivity index (χ4v) is 3.93. The van der Waals surface area contributed by atoms with Crippen molar-refractivity contribution in [3.63, 3.8) is 0 Å². The zero-order valence-electron chi connectivity index (χ0n) is 13.1. The molecule has 2 rings (SSSR count). The average Bonchev–Trinajstić information content (AvgIpc) is 2.92. The second-order valence-electron chi connectivity index (χ2n) is 6.28. The first-order chi connectivity index (χ1) is 9.65. The molecule has 2 nitrogen and oxygen atoms in total. The van der Waals surface area contributed by atoms with Crippen molar-refractivity contribution in [3.05, 3.63) is 35.4 Å². The second-order valence-corrected chi connectivity index (χ2v) is 7.43. The van der Waals surface area contributed by atoms with Crippen molar-refractivity contribution in [2.75, 3.05) is 25.1 Å². The largest absolute Gasteiger partial charge is 0.312 e. The van der Waals surface area contributed by atoms with Crippen LogP contribution in [0.25, 0.3) is 0 Å².